The first-order valence-electron chi connectivity index (χ1n) is 10.3. The summed E-state index contributed by atoms with van der Waals surface area (Å²) in [6.07, 6.45) is 5.90. The Morgan fingerprint density at radius 2 is 1.63 bits per heavy atom. The average Bonchev–Trinajstić information content (AvgIpc) is 2.77. The van der Waals surface area contributed by atoms with Gasteiger partial charge in [-0.15, -0.1) is 0 Å². The van der Waals surface area contributed by atoms with Gasteiger partial charge in [0, 0.05) is 5.56 Å². The van der Waals surface area contributed by atoms with Crippen molar-refractivity contribution >= 4 is 11.9 Å². The molecule has 1 spiro atoms. The molecule has 1 saturated carbocycles. The van der Waals surface area contributed by atoms with Gasteiger partial charge in [0.05, 0.1) is 7.05 Å². The molecule has 1 unspecified atom stereocenters. The number of amides is 3. The Bertz CT molecular complexity index is 683. The Morgan fingerprint density at radius 1 is 1.04 bits per heavy atom. The summed E-state index contributed by atoms with van der Waals surface area (Å²) in [5, 5.41) is 3.03. The van der Waals surface area contributed by atoms with Gasteiger partial charge in [0.1, 0.15) is 12.1 Å². The van der Waals surface area contributed by atoms with Gasteiger partial charge in [0.15, 0.2) is 6.67 Å². The van der Waals surface area contributed by atoms with Crippen LogP contribution in [-0.4, -0.2) is 36.1 Å². The van der Waals surface area contributed by atoms with Crippen LogP contribution in [0.25, 0.3) is 0 Å². The summed E-state index contributed by atoms with van der Waals surface area (Å²) in [6, 6.07) is 8.45. The van der Waals surface area contributed by atoms with Gasteiger partial charge in [-0.3, -0.25) is 4.79 Å². The van der Waals surface area contributed by atoms with Crippen LogP contribution in [-0.2, 0) is 16.8 Å². The summed E-state index contributed by atoms with van der Waals surface area (Å²) >= 11 is 0. The van der Waals surface area contributed by atoms with E-state index in [-0.39, 0.29) is 17.4 Å². The van der Waals surface area contributed by atoms with Crippen LogP contribution in [0.5, 0.6) is 0 Å². The van der Waals surface area contributed by atoms with E-state index in [1.807, 2.05) is 7.05 Å². The Kier molecular flexibility index (Phi) is 5.61. The Hall–Kier alpha value is -1.88. The fraction of sp³-hybridized carbons (Fsp3) is 0.636. The van der Waals surface area contributed by atoms with Crippen molar-refractivity contribution < 1.29 is 14.5 Å². The van der Waals surface area contributed by atoms with Crippen molar-refractivity contribution in [2.24, 2.45) is 0 Å². The van der Waals surface area contributed by atoms with Crippen LogP contribution in [0.1, 0.15) is 70.4 Å². The third-order valence-electron chi connectivity index (χ3n) is 5.96. The second kappa shape index (κ2) is 7.63. The molecule has 1 aromatic rings. The summed E-state index contributed by atoms with van der Waals surface area (Å²) in [5.41, 5.74) is 2.04. The van der Waals surface area contributed by atoms with E-state index in [1.54, 1.807) is 0 Å². The SMILES string of the molecule is C[NH+](Cc1ccc(C(C)(C)C)cc1)CN1C(=O)NC2(CCCCCC2)C1=O. The van der Waals surface area contributed by atoms with Gasteiger partial charge in [-0.1, -0.05) is 70.7 Å². The molecular formula is C22H34N3O2+. The molecule has 1 aromatic carbocycles. The van der Waals surface area contributed by atoms with Crippen molar-refractivity contribution in [1.29, 1.82) is 0 Å². The maximum atomic E-state index is 13.0. The molecule has 2 N–H and O–H groups in total. The van der Waals surface area contributed by atoms with Crippen molar-refractivity contribution in [3.8, 4) is 0 Å². The number of quaternary nitrogens is 1. The van der Waals surface area contributed by atoms with Gasteiger partial charge < -0.3 is 10.2 Å². The summed E-state index contributed by atoms with van der Waals surface area (Å²) in [4.78, 5) is 28.1. The lowest BCUT2D eigenvalue weighted by atomic mass is 9.87. The third-order valence-corrected chi connectivity index (χ3v) is 5.96. The van der Waals surface area contributed by atoms with Gasteiger partial charge in [-0.2, -0.15) is 0 Å². The Morgan fingerprint density at radius 3 is 2.19 bits per heavy atom. The summed E-state index contributed by atoms with van der Waals surface area (Å²) in [7, 11) is 2.04. The first-order chi connectivity index (χ1) is 12.7. The van der Waals surface area contributed by atoms with E-state index in [1.165, 1.54) is 16.0 Å². The number of nitrogens with one attached hydrogen (secondary N) is 2. The molecule has 3 rings (SSSR count). The molecule has 2 aliphatic rings. The molecule has 1 atom stereocenters. The molecule has 1 aliphatic carbocycles. The second-order valence-electron chi connectivity index (χ2n) is 9.40. The fourth-order valence-corrected chi connectivity index (χ4v) is 4.29. The highest BCUT2D eigenvalue weighted by Gasteiger charge is 2.51. The second-order valence-corrected chi connectivity index (χ2v) is 9.40. The van der Waals surface area contributed by atoms with Crippen LogP contribution in [0.3, 0.4) is 0 Å². The van der Waals surface area contributed by atoms with Gasteiger partial charge >= 0.3 is 6.03 Å². The molecule has 0 bridgehead atoms. The highest BCUT2D eigenvalue weighted by molar-refractivity contribution is 6.06. The van der Waals surface area contributed by atoms with Crippen LogP contribution in [0, 0.1) is 0 Å². The van der Waals surface area contributed by atoms with E-state index < -0.39 is 5.54 Å². The van der Waals surface area contributed by atoms with Gasteiger partial charge in [-0.05, 0) is 23.8 Å². The average molecular weight is 373 g/mol. The molecule has 148 valence electrons. The highest BCUT2D eigenvalue weighted by Crippen LogP contribution is 2.32. The summed E-state index contributed by atoms with van der Waals surface area (Å²) in [5.74, 6) is -0.0168. The Balaban J connectivity index is 1.62. The largest absolute Gasteiger partial charge is 0.329 e. The smallest absolute Gasteiger partial charge is 0.323 e. The van der Waals surface area contributed by atoms with E-state index in [4.69, 9.17) is 0 Å². The molecule has 0 aromatic heterocycles. The minimum Gasteiger partial charge on any atom is -0.323 e. The first kappa shape index (κ1) is 19.9. The van der Waals surface area contributed by atoms with Crippen molar-refractivity contribution in [1.82, 2.24) is 10.2 Å². The topological polar surface area (TPSA) is 53.9 Å². The minimum absolute atomic E-state index is 0.0168. The van der Waals surface area contributed by atoms with Gasteiger partial charge in [-0.25, -0.2) is 9.69 Å². The number of benzene rings is 1. The lowest BCUT2D eigenvalue weighted by molar-refractivity contribution is -0.901. The lowest BCUT2D eigenvalue weighted by Gasteiger charge is -2.25. The first-order valence-corrected chi connectivity index (χ1v) is 10.3. The molecule has 0 radical (unpaired) electrons. The van der Waals surface area contributed by atoms with Crippen LogP contribution >= 0.6 is 0 Å². The lowest BCUT2D eigenvalue weighted by Crippen LogP contribution is -3.09. The molecule has 1 aliphatic heterocycles. The number of carbonyl (C=O) groups is 2. The number of hydrogen-bond acceptors (Lipinski definition) is 2. The molecule has 5 nitrogen and oxygen atoms in total. The summed E-state index contributed by atoms with van der Waals surface area (Å²) in [6.45, 7) is 7.82. The maximum absolute atomic E-state index is 13.0. The van der Waals surface area contributed by atoms with Crippen molar-refractivity contribution in [2.75, 3.05) is 13.7 Å². The number of hydrogen-bond donors (Lipinski definition) is 2. The van der Waals surface area contributed by atoms with Crippen molar-refractivity contribution in [3.63, 3.8) is 0 Å². The van der Waals surface area contributed by atoms with E-state index in [2.05, 4.69) is 50.4 Å². The minimum atomic E-state index is -0.637. The van der Waals surface area contributed by atoms with E-state index >= 15 is 0 Å². The molecule has 3 amide bonds. The van der Waals surface area contributed by atoms with Crippen LogP contribution < -0.4 is 10.2 Å². The van der Waals surface area contributed by atoms with Crippen molar-refractivity contribution in [3.05, 3.63) is 35.4 Å². The van der Waals surface area contributed by atoms with Crippen molar-refractivity contribution in [2.45, 2.75) is 76.8 Å². The predicted molar refractivity (Wildman–Crippen MR) is 106 cm³/mol. The molecule has 2 fully saturated rings. The van der Waals surface area contributed by atoms with E-state index in [9.17, 15) is 9.59 Å². The molecule has 1 saturated heterocycles. The number of carbonyl (C=O) groups excluding carboxylic acids is 2. The number of imide groups is 1. The predicted octanol–water partition coefficient (Wildman–Crippen LogP) is 2.60. The number of nitrogens with zero attached hydrogens (tertiary/aromatic N) is 1. The molecule has 1 heterocycles. The van der Waals surface area contributed by atoms with Crippen LogP contribution in [0.15, 0.2) is 24.3 Å². The zero-order chi connectivity index (χ0) is 19.7. The summed E-state index contributed by atoms with van der Waals surface area (Å²) < 4.78 is 0. The number of rotatable bonds is 4. The maximum Gasteiger partial charge on any atom is 0.329 e. The zero-order valence-electron chi connectivity index (χ0n) is 17.2. The zero-order valence-corrected chi connectivity index (χ0v) is 17.2. The fourth-order valence-electron chi connectivity index (χ4n) is 4.29. The Labute approximate surface area is 163 Å². The standard InChI is InChI=1S/C22H33N3O2/c1-21(2,3)18-11-9-17(10-12-18)15-24(4)16-25-19(26)22(23-20(25)27)13-7-5-6-8-14-22/h9-12H,5-8,13-16H2,1-4H3,(H,23,27)/p+1. The molecule has 27 heavy (non-hydrogen) atoms. The molecular weight excluding hydrogens is 338 g/mol. The normalized spacial score (nSPS) is 21.3. The molecule has 5 heteroatoms. The van der Waals surface area contributed by atoms with Crippen LogP contribution in [0.4, 0.5) is 4.79 Å². The van der Waals surface area contributed by atoms with E-state index in [0.29, 0.717) is 6.67 Å². The quantitative estimate of drug-likeness (QED) is 0.799. The monoisotopic (exact) mass is 372 g/mol. The third kappa shape index (κ3) is 4.34. The van der Waals surface area contributed by atoms with Crippen LogP contribution in [0.2, 0.25) is 0 Å². The number of urea groups is 1. The van der Waals surface area contributed by atoms with E-state index in [0.717, 1.165) is 50.0 Å². The van der Waals surface area contributed by atoms with Gasteiger partial charge in [0.25, 0.3) is 5.91 Å². The van der Waals surface area contributed by atoms with Gasteiger partial charge in [0.2, 0.25) is 0 Å². The highest BCUT2D eigenvalue weighted by atomic mass is 16.2.